The van der Waals surface area contributed by atoms with Gasteiger partial charge in [-0.3, -0.25) is 0 Å². The normalized spacial score (nSPS) is 16.6. The Kier molecular flexibility index (Phi) is 4.81. The Morgan fingerprint density at radius 2 is 1.62 bits per heavy atom. The number of carbonyl (C=O) groups is 1. The van der Waals surface area contributed by atoms with Gasteiger partial charge in [-0.1, -0.05) is 36.4 Å². The number of aromatic amines is 1. The van der Waals surface area contributed by atoms with Gasteiger partial charge in [-0.05, 0) is 56.9 Å². The molecule has 4 aromatic rings. The van der Waals surface area contributed by atoms with E-state index < -0.39 is 5.60 Å². The van der Waals surface area contributed by atoms with Gasteiger partial charge in [-0.25, -0.2) is 4.79 Å². The first-order valence-electron chi connectivity index (χ1n) is 11.4. The lowest BCUT2D eigenvalue weighted by Gasteiger charge is -2.42. The molecule has 5 heteroatoms. The van der Waals surface area contributed by atoms with E-state index in [9.17, 15) is 4.79 Å². The Hall–Kier alpha value is -3.21. The van der Waals surface area contributed by atoms with Gasteiger partial charge in [0.05, 0.1) is 0 Å². The summed E-state index contributed by atoms with van der Waals surface area (Å²) in [5.41, 5.74) is 4.36. The third-order valence-corrected chi connectivity index (χ3v) is 6.79. The topological polar surface area (TPSA) is 50.3 Å². The third-order valence-electron chi connectivity index (χ3n) is 6.79. The fourth-order valence-corrected chi connectivity index (χ4v) is 5.27. The Balaban J connectivity index is 1.61. The van der Waals surface area contributed by atoms with Gasteiger partial charge in [0.25, 0.3) is 0 Å². The number of nitrogens with zero attached hydrogens (tertiary/aromatic N) is 2. The number of piperidine rings is 1. The average molecular weight is 430 g/mol. The van der Waals surface area contributed by atoms with Gasteiger partial charge in [0.15, 0.2) is 0 Å². The molecule has 1 N–H and O–H groups in total. The van der Waals surface area contributed by atoms with Crippen LogP contribution in [0.25, 0.3) is 21.8 Å². The van der Waals surface area contributed by atoms with Gasteiger partial charge in [-0.2, -0.15) is 0 Å². The lowest BCUT2D eigenvalue weighted by molar-refractivity contribution is 0.0181. The van der Waals surface area contributed by atoms with Gasteiger partial charge in [0, 0.05) is 59.8 Å². The summed E-state index contributed by atoms with van der Waals surface area (Å²) in [7, 11) is 2.12. The Morgan fingerprint density at radius 1 is 0.969 bits per heavy atom. The van der Waals surface area contributed by atoms with Gasteiger partial charge in [0.2, 0.25) is 0 Å². The summed E-state index contributed by atoms with van der Waals surface area (Å²) >= 11 is 0. The molecule has 5 rings (SSSR count). The second-order valence-electron chi connectivity index (χ2n) is 9.97. The zero-order valence-corrected chi connectivity index (χ0v) is 19.3. The number of likely N-dealkylation sites (tertiary alicyclic amines) is 1. The molecule has 0 radical (unpaired) electrons. The van der Waals surface area contributed by atoms with Crippen molar-refractivity contribution in [1.82, 2.24) is 14.5 Å². The van der Waals surface area contributed by atoms with Crippen LogP contribution in [0.2, 0.25) is 0 Å². The van der Waals surface area contributed by atoms with E-state index >= 15 is 0 Å². The number of rotatable bonds is 2. The standard InChI is InChI=1S/C27H31N3O2/c1-26(2,3)32-25(31)30-15-13-27(14-16-30,21-17-28-23-11-7-5-9-19(21)23)22-18-29(4)24-12-8-6-10-20(22)24/h5-12,17-18,28H,13-16H2,1-4H3. The molecule has 1 amide bonds. The molecule has 2 aromatic heterocycles. The molecule has 0 aliphatic carbocycles. The van der Waals surface area contributed by atoms with Crippen molar-refractivity contribution in [2.45, 2.75) is 44.6 Å². The van der Waals surface area contributed by atoms with Crippen molar-refractivity contribution < 1.29 is 9.53 Å². The van der Waals surface area contributed by atoms with Gasteiger partial charge in [0.1, 0.15) is 5.60 Å². The Morgan fingerprint density at radius 3 is 2.34 bits per heavy atom. The summed E-state index contributed by atoms with van der Waals surface area (Å²) in [6.07, 6.45) is 5.94. The third kappa shape index (κ3) is 3.36. The van der Waals surface area contributed by atoms with Crippen LogP contribution in [0.1, 0.15) is 44.7 Å². The number of nitrogens with one attached hydrogen (secondary N) is 1. The molecule has 0 atom stereocenters. The lowest BCUT2D eigenvalue weighted by Crippen LogP contribution is -2.47. The molecular weight excluding hydrogens is 398 g/mol. The average Bonchev–Trinajstić information content (AvgIpc) is 3.35. The van der Waals surface area contributed by atoms with Gasteiger partial charge in [-0.15, -0.1) is 0 Å². The Bertz CT molecular complexity index is 1280. The molecule has 3 heterocycles. The maximum absolute atomic E-state index is 12.8. The smallest absolute Gasteiger partial charge is 0.410 e. The number of amides is 1. The zero-order valence-electron chi connectivity index (χ0n) is 19.3. The van der Waals surface area contributed by atoms with Gasteiger partial charge < -0.3 is 19.2 Å². The van der Waals surface area contributed by atoms with Crippen LogP contribution in [0.5, 0.6) is 0 Å². The fraction of sp³-hybridized carbons (Fsp3) is 0.370. The summed E-state index contributed by atoms with van der Waals surface area (Å²) < 4.78 is 7.89. The number of ether oxygens (including phenoxy) is 1. The number of H-pyrrole nitrogens is 1. The molecule has 5 nitrogen and oxygen atoms in total. The number of hydrogen-bond donors (Lipinski definition) is 1. The van der Waals surface area contributed by atoms with Crippen molar-refractivity contribution in [3.8, 4) is 0 Å². The number of benzene rings is 2. The molecule has 1 saturated heterocycles. The molecular formula is C27H31N3O2. The van der Waals surface area contributed by atoms with E-state index in [4.69, 9.17) is 4.74 Å². The highest BCUT2D eigenvalue weighted by Crippen LogP contribution is 2.47. The second-order valence-corrected chi connectivity index (χ2v) is 9.97. The predicted molar refractivity (Wildman–Crippen MR) is 129 cm³/mol. The van der Waals surface area contributed by atoms with Crippen molar-refractivity contribution in [2.75, 3.05) is 13.1 Å². The monoisotopic (exact) mass is 429 g/mol. The van der Waals surface area contributed by atoms with Crippen molar-refractivity contribution in [2.24, 2.45) is 7.05 Å². The largest absolute Gasteiger partial charge is 0.444 e. The highest BCUT2D eigenvalue weighted by Gasteiger charge is 2.42. The first kappa shape index (κ1) is 20.7. The number of para-hydroxylation sites is 2. The van der Waals surface area contributed by atoms with Crippen LogP contribution in [-0.2, 0) is 17.2 Å². The first-order valence-corrected chi connectivity index (χ1v) is 11.4. The highest BCUT2D eigenvalue weighted by atomic mass is 16.6. The minimum Gasteiger partial charge on any atom is -0.444 e. The minimum absolute atomic E-state index is 0.182. The van der Waals surface area contributed by atoms with Crippen molar-refractivity contribution in [3.05, 3.63) is 72.1 Å². The summed E-state index contributed by atoms with van der Waals surface area (Å²) in [5.74, 6) is 0. The van der Waals surface area contributed by atoms with E-state index in [1.165, 1.54) is 27.4 Å². The van der Waals surface area contributed by atoms with Crippen LogP contribution in [0.15, 0.2) is 60.9 Å². The highest BCUT2D eigenvalue weighted by molar-refractivity contribution is 5.90. The molecule has 0 spiro atoms. The number of fused-ring (bicyclic) bond motifs is 2. The maximum Gasteiger partial charge on any atom is 0.410 e. The number of aromatic nitrogens is 2. The van der Waals surface area contributed by atoms with Crippen LogP contribution in [-0.4, -0.2) is 39.2 Å². The summed E-state index contributed by atoms with van der Waals surface area (Å²) in [5, 5.41) is 2.54. The van der Waals surface area contributed by atoms with Crippen LogP contribution in [0, 0.1) is 0 Å². The van der Waals surface area contributed by atoms with Crippen LogP contribution in [0.3, 0.4) is 0 Å². The van der Waals surface area contributed by atoms with E-state index in [0.717, 1.165) is 18.4 Å². The Labute approximate surface area is 189 Å². The molecule has 1 aliphatic heterocycles. The minimum atomic E-state index is -0.488. The predicted octanol–water partition coefficient (Wildman–Crippen LogP) is 5.98. The summed E-state index contributed by atoms with van der Waals surface area (Å²) in [6, 6.07) is 17.1. The lowest BCUT2D eigenvalue weighted by atomic mass is 9.68. The SMILES string of the molecule is Cn1cc(C2(c3c[nH]c4ccccc34)CCN(C(=O)OC(C)(C)C)CC2)c2ccccc21. The zero-order chi connectivity index (χ0) is 22.5. The molecule has 1 aliphatic rings. The molecule has 2 aromatic carbocycles. The molecule has 0 saturated carbocycles. The molecule has 0 unspecified atom stereocenters. The van der Waals surface area contributed by atoms with E-state index in [1.807, 2.05) is 25.7 Å². The number of aryl methyl sites for hydroxylation is 1. The second kappa shape index (κ2) is 7.44. The molecule has 0 bridgehead atoms. The molecule has 32 heavy (non-hydrogen) atoms. The maximum atomic E-state index is 12.8. The van der Waals surface area contributed by atoms with E-state index in [1.54, 1.807) is 0 Å². The first-order chi connectivity index (χ1) is 15.3. The van der Waals surface area contributed by atoms with Crippen molar-refractivity contribution in [1.29, 1.82) is 0 Å². The summed E-state index contributed by atoms with van der Waals surface area (Å²) in [4.78, 5) is 18.1. The fourth-order valence-electron chi connectivity index (χ4n) is 5.27. The van der Waals surface area contributed by atoms with E-state index in [2.05, 4.69) is 77.5 Å². The molecule has 166 valence electrons. The van der Waals surface area contributed by atoms with Crippen LogP contribution in [0.4, 0.5) is 4.79 Å². The van der Waals surface area contributed by atoms with Crippen LogP contribution < -0.4 is 0 Å². The van der Waals surface area contributed by atoms with E-state index in [-0.39, 0.29) is 11.5 Å². The van der Waals surface area contributed by atoms with Crippen molar-refractivity contribution >= 4 is 27.9 Å². The number of hydrogen-bond acceptors (Lipinski definition) is 2. The van der Waals surface area contributed by atoms with Crippen molar-refractivity contribution in [3.63, 3.8) is 0 Å². The quantitative estimate of drug-likeness (QED) is 0.426. The van der Waals surface area contributed by atoms with Gasteiger partial charge >= 0.3 is 6.09 Å². The van der Waals surface area contributed by atoms with E-state index in [0.29, 0.717) is 13.1 Å². The van der Waals surface area contributed by atoms with Crippen LogP contribution >= 0.6 is 0 Å². The summed E-state index contributed by atoms with van der Waals surface area (Å²) in [6.45, 7) is 7.08. The number of carbonyl (C=O) groups excluding carboxylic acids is 1. The molecule has 1 fully saturated rings.